The van der Waals surface area contributed by atoms with Gasteiger partial charge in [-0.15, -0.1) is 0 Å². The predicted octanol–water partition coefficient (Wildman–Crippen LogP) is 0.722. The van der Waals surface area contributed by atoms with Gasteiger partial charge in [-0.3, -0.25) is 4.98 Å². The lowest BCUT2D eigenvalue weighted by Gasteiger charge is -2.32. The molecule has 2 atom stereocenters. The average molecular weight is 309 g/mol. The lowest BCUT2D eigenvalue weighted by Crippen LogP contribution is -2.40. The summed E-state index contributed by atoms with van der Waals surface area (Å²) in [5, 5.41) is 19.2. The molecule has 2 aliphatic rings. The van der Waals surface area contributed by atoms with Crippen LogP contribution in [-0.4, -0.2) is 65.5 Å². The standard InChI is InChI=1S/C16H24FN3O2/c17-15-7-18-4-1-16(15)20-9-12(13(10-20)11-21)8-19-5-2-14(22)3-6-19/h1,4,7,12-14,21-22H,2-3,5-6,8-11H2/t12-,13-/m1/s1. The highest BCUT2D eigenvalue weighted by molar-refractivity contribution is 5.47. The van der Waals surface area contributed by atoms with Crippen LogP contribution in [0, 0.1) is 17.7 Å². The molecule has 0 aliphatic carbocycles. The molecule has 0 unspecified atom stereocenters. The van der Waals surface area contributed by atoms with Crippen LogP contribution in [0.3, 0.4) is 0 Å². The third kappa shape index (κ3) is 3.39. The van der Waals surface area contributed by atoms with E-state index in [0.29, 0.717) is 18.2 Å². The van der Waals surface area contributed by atoms with Gasteiger partial charge in [0.15, 0.2) is 5.82 Å². The number of aliphatic hydroxyl groups is 2. The smallest absolute Gasteiger partial charge is 0.164 e. The molecule has 0 bridgehead atoms. The molecular formula is C16H24FN3O2. The summed E-state index contributed by atoms with van der Waals surface area (Å²) in [4.78, 5) is 8.16. The molecule has 2 aliphatic heterocycles. The molecule has 0 amide bonds. The SMILES string of the molecule is OC[C@H]1CN(c2ccncc2F)C[C@H]1CN1CCC(O)CC1. The number of piperidine rings is 1. The summed E-state index contributed by atoms with van der Waals surface area (Å²) in [5.74, 6) is 0.188. The van der Waals surface area contributed by atoms with Crippen LogP contribution >= 0.6 is 0 Å². The predicted molar refractivity (Wildman–Crippen MR) is 82.2 cm³/mol. The number of likely N-dealkylation sites (tertiary alicyclic amines) is 1. The highest BCUT2D eigenvalue weighted by atomic mass is 19.1. The first kappa shape index (κ1) is 15.6. The van der Waals surface area contributed by atoms with Gasteiger partial charge in [0.2, 0.25) is 0 Å². The van der Waals surface area contributed by atoms with Gasteiger partial charge < -0.3 is 20.0 Å². The summed E-state index contributed by atoms with van der Waals surface area (Å²) in [6, 6.07) is 1.70. The summed E-state index contributed by atoms with van der Waals surface area (Å²) in [6.45, 7) is 4.27. The Hall–Kier alpha value is -1.24. The minimum Gasteiger partial charge on any atom is -0.396 e. The second-order valence-electron chi connectivity index (χ2n) is 6.47. The Balaban J connectivity index is 1.64. The molecular weight excluding hydrogens is 285 g/mol. The van der Waals surface area contributed by atoms with Crippen molar-refractivity contribution >= 4 is 5.69 Å². The number of pyridine rings is 1. The molecule has 6 heteroatoms. The zero-order valence-corrected chi connectivity index (χ0v) is 12.7. The number of hydrogen-bond acceptors (Lipinski definition) is 5. The van der Waals surface area contributed by atoms with E-state index in [1.807, 2.05) is 4.90 Å². The molecule has 0 saturated carbocycles. The Bertz CT molecular complexity index is 494. The number of hydrogen-bond donors (Lipinski definition) is 2. The molecule has 2 fully saturated rings. The van der Waals surface area contributed by atoms with E-state index in [4.69, 9.17) is 0 Å². The fourth-order valence-electron chi connectivity index (χ4n) is 3.61. The molecule has 2 saturated heterocycles. The van der Waals surface area contributed by atoms with Crippen LogP contribution in [0.5, 0.6) is 0 Å². The summed E-state index contributed by atoms with van der Waals surface area (Å²) in [5.41, 5.74) is 0.574. The molecule has 22 heavy (non-hydrogen) atoms. The third-order valence-corrected chi connectivity index (χ3v) is 4.95. The summed E-state index contributed by atoms with van der Waals surface area (Å²) in [7, 11) is 0. The van der Waals surface area contributed by atoms with Crippen molar-refractivity contribution in [2.75, 3.05) is 44.2 Å². The van der Waals surface area contributed by atoms with Gasteiger partial charge in [0, 0.05) is 51.4 Å². The van der Waals surface area contributed by atoms with E-state index in [-0.39, 0.29) is 24.4 Å². The average Bonchev–Trinajstić information content (AvgIpc) is 2.93. The van der Waals surface area contributed by atoms with Crippen molar-refractivity contribution in [2.45, 2.75) is 18.9 Å². The van der Waals surface area contributed by atoms with Gasteiger partial charge in [0.25, 0.3) is 0 Å². The number of aliphatic hydroxyl groups excluding tert-OH is 2. The first-order chi connectivity index (χ1) is 10.7. The molecule has 3 rings (SSSR count). The summed E-state index contributed by atoms with van der Waals surface area (Å²) in [6.07, 6.45) is 4.31. The molecule has 3 heterocycles. The van der Waals surface area contributed by atoms with E-state index in [1.54, 1.807) is 12.3 Å². The molecule has 0 spiro atoms. The molecule has 0 aromatic carbocycles. The maximum absolute atomic E-state index is 13.9. The first-order valence-corrected chi connectivity index (χ1v) is 8.03. The van der Waals surface area contributed by atoms with Gasteiger partial charge in [0.05, 0.1) is 18.0 Å². The zero-order chi connectivity index (χ0) is 15.5. The van der Waals surface area contributed by atoms with Crippen LogP contribution in [0.15, 0.2) is 18.5 Å². The molecule has 1 aromatic heterocycles. The number of rotatable bonds is 4. The van der Waals surface area contributed by atoms with Gasteiger partial charge in [0.1, 0.15) is 0 Å². The number of halogens is 1. The van der Waals surface area contributed by atoms with Crippen molar-refractivity contribution in [1.29, 1.82) is 0 Å². The Morgan fingerprint density at radius 1 is 1.23 bits per heavy atom. The highest BCUT2D eigenvalue weighted by Gasteiger charge is 2.35. The molecule has 1 aromatic rings. The van der Waals surface area contributed by atoms with Crippen LogP contribution in [0.25, 0.3) is 0 Å². The van der Waals surface area contributed by atoms with Crippen LogP contribution < -0.4 is 4.90 Å². The van der Waals surface area contributed by atoms with Crippen molar-refractivity contribution in [1.82, 2.24) is 9.88 Å². The van der Waals surface area contributed by atoms with Gasteiger partial charge >= 0.3 is 0 Å². The fourth-order valence-corrected chi connectivity index (χ4v) is 3.61. The maximum Gasteiger partial charge on any atom is 0.164 e. The third-order valence-electron chi connectivity index (χ3n) is 4.95. The minimum absolute atomic E-state index is 0.129. The van der Waals surface area contributed by atoms with Gasteiger partial charge in [-0.25, -0.2) is 4.39 Å². The number of anilines is 1. The van der Waals surface area contributed by atoms with Gasteiger partial charge in [-0.2, -0.15) is 0 Å². The van der Waals surface area contributed by atoms with Crippen molar-refractivity contribution in [3.05, 3.63) is 24.3 Å². The Morgan fingerprint density at radius 3 is 2.64 bits per heavy atom. The molecule has 0 radical (unpaired) electrons. The molecule has 2 N–H and O–H groups in total. The molecule has 122 valence electrons. The first-order valence-electron chi connectivity index (χ1n) is 8.03. The van der Waals surface area contributed by atoms with E-state index in [0.717, 1.165) is 39.0 Å². The van der Waals surface area contributed by atoms with E-state index >= 15 is 0 Å². The minimum atomic E-state index is -0.305. The largest absolute Gasteiger partial charge is 0.396 e. The second-order valence-corrected chi connectivity index (χ2v) is 6.47. The van der Waals surface area contributed by atoms with E-state index in [9.17, 15) is 14.6 Å². The van der Waals surface area contributed by atoms with Crippen LogP contribution in [-0.2, 0) is 0 Å². The van der Waals surface area contributed by atoms with Gasteiger partial charge in [-0.05, 0) is 24.8 Å². The van der Waals surface area contributed by atoms with Crippen LogP contribution in [0.4, 0.5) is 10.1 Å². The maximum atomic E-state index is 13.9. The van der Waals surface area contributed by atoms with Gasteiger partial charge in [-0.1, -0.05) is 0 Å². The zero-order valence-electron chi connectivity index (χ0n) is 12.7. The van der Waals surface area contributed by atoms with E-state index in [1.165, 1.54) is 6.20 Å². The van der Waals surface area contributed by atoms with Crippen LogP contribution in [0.2, 0.25) is 0 Å². The van der Waals surface area contributed by atoms with Crippen molar-refractivity contribution in [3.8, 4) is 0 Å². The van der Waals surface area contributed by atoms with Crippen molar-refractivity contribution in [2.24, 2.45) is 11.8 Å². The van der Waals surface area contributed by atoms with E-state index < -0.39 is 0 Å². The van der Waals surface area contributed by atoms with Crippen molar-refractivity contribution < 1.29 is 14.6 Å². The van der Waals surface area contributed by atoms with Crippen molar-refractivity contribution in [3.63, 3.8) is 0 Å². The fraction of sp³-hybridized carbons (Fsp3) is 0.688. The second kappa shape index (κ2) is 6.89. The quantitative estimate of drug-likeness (QED) is 0.858. The lowest BCUT2D eigenvalue weighted by molar-refractivity contribution is 0.0687. The normalized spacial score (nSPS) is 27.5. The highest BCUT2D eigenvalue weighted by Crippen LogP contribution is 2.30. The van der Waals surface area contributed by atoms with Crippen LogP contribution in [0.1, 0.15) is 12.8 Å². The topological polar surface area (TPSA) is 59.8 Å². The number of nitrogens with zero attached hydrogens (tertiary/aromatic N) is 3. The Kier molecular flexibility index (Phi) is 4.90. The summed E-state index contributed by atoms with van der Waals surface area (Å²) < 4.78 is 13.9. The Labute approximate surface area is 130 Å². The summed E-state index contributed by atoms with van der Waals surface area (Å²) >= 11 is 0. The Morgan fingerprint density at radius 2 is 1.95 bits per heavy atom. The lowest BCUT2D eigenvalue weighted by atomic mass is 9.95. The van der Waals surface area contributed by atoms with E-state index in [2.05, 4.69) is 9.88 Å². The molecule has 5 nitrogen and oxygen atoms in total. The number of aromatic nitrogens is 1. The monoisotopic (exact) mass is 309 g/mol.